The molecule has 3 nitrogen and oxygen atoms in total. The smallest absolute Gasteiger partial charge is 0.227 e. The van der Waals surface area contributed by atoms with E-state index in [0.717, 1.165) is 5.56 Å². The summed E-state index contributed by atoms with van der Waals surface area (Å²) >= 11 is 0. The Hall–Kier alpha value is -2.49. The molecule has 21 heavy (non-hydrogen) atoms. The van der Waals surface area contributed by atoms with Crippen LogP contribution < -0.4 is 4.90 Å². The summed E-state index contributed by atoms with van der Waals surface area (Å²) in [5, 5.41) is 0. The molecule has 1 amide bonds. The number of aryl methyl sites for hydroxylation is 1. The highest BCUT2D eigenvalue weighted by molar-refractivity contribution is 6.06. The van der Waals surface area contributed by atoms with Crippen molar-refractivity contribution in [1.82, 2.24) is 0 Å². The fourth-order valence-electron chi connectivity index (χ4n) is 2.56. The van der Waals surface area contributed by atoms with Gasteiger partial charge in [0.1, 0.15) is 5.82 Å². The lowest BCUT2D eigenvalue weighted by molar-refractivity contribution is -0.118. The van der Waals surface area contributed by atoms with Crippen LogP contribution in [0.2, 0.25) is 0 Å². The molecule has 2 aromatic rings. The van der Waals surface area contributed by atoms with Crippen molar-refractivity contribution in [2.24, 2.45) is 0 Å². The molecule has 1 aliphatic rings. The molecule has 0 bridgehead atoms. The van der Waals surface area contributed by atoms with Gasteiger partial charge in [0, 0.05) is 17.7 Å². The molecule has 0 fully saturated rings. The molecule has 0 saturated carbocycles. The van der Waals surface area contributed by atoms with Crippen molar-refractivity contribution in [2.45, 2.75) is 12.8 Å². The molecule has 0 radical (unpaired) electrons. The Bertz CT molecular complexity index is 697. The molecule has 2 aromatic carbocycles. The van der Waals surface area contributed by atoms with Crippen LogP contribution in [0.1, 0.15) is 22.3 Å². The number of carbonyl (C=O) groups is 2. The number of hydrogen-bond donors (Lipinski definition) is 0. The molecule has 1 heterocycles. The van der Waals surface area contributed by atoms with E-state index in [-0.39, 0.29) is 24.1 Å². The molecular formula is C17H14FNO2. The first-order chi connectivity index (χ1) is 10.1. The van der Waals surface area contributed by atoms with Crippen LogP contribution in [0, 0.1) is 5.82 Å². The third-order valence-corrected chi connectivity index (χ3v) is 3.64. The Labute approximate surface area is 122 Å². The van der Waals surface area contributed by atoms with E-state index >= 15 is 0 Å². The third kappa shape index (κ3) is 2.70. The van der Waals surface area contributed by atoms with E-state index < -0.39 is 0 Å². The highest BCUT2D eigenvalue weighted by atomic mass is 19.1. The highest BCUT2D eigenvalue weighted by Crippen LogP contribution is 2.28. The molecule has 0 atom stereocenters. The predicted molar refractivity (Wildman–Crippen MR) is 77.8 cm³/mol. The minimum atomic E-state index is -0.322. The van der Waals surface area contributed by atoms with Crippen molar-refractivity contribution < 1.29 is 14.0 Å². The normalized spacial score (nSPS) is 14.0. The second-order valence-electron chi connectivity index (χ2n) is 5.04. The van der Waals surface area contributed by atoms with Gasteiger partial charge in [-0.25, -0.2) is 4.39 Å². The number of Topliss-reactive ketones (excluding diaryl/α,β-unsaturated/α-hetero) is 1. The van der Waals surface area contributed by atoms with E-state index in [1.807, 2.05) is 6.07 Å². The number of hydrogen-bond acceptors (Lipinski definition) is 2. The summed E-state index contributed by atoms with van der Waals surface area (Å²) in [4.78, 5) is 25.8. The minimum absolute atomic E-state index is 0.0124. The topological polar surface area (TPSA) is 37.4 Å². The average molecular weight is 283 g/mol. The molecule has 0 spiro atoms. The maximum Gasteiger partial charge on any atom is 0.227 e. The lowest BCUT2D eigenvalue weighted by Crippen LogP contribution is -2.39. The molecule has 0 aromatic heterocycles. The zero-order valence-corrected chi connectivity index (χ0v) is 11.4. The molecular weight excluding hydrogens is 269 g/mol. The van der Waals surface area contributed by atoms with Crippen LogP contribution in [0.4, 0.5) is 10.1 Å². The van der Waals surface area contributed by atoms with Crippen molar-refractivity contribution in [2.75, 3.05) is 11.4 Å². The van der Waals surface area contributed by atoms with Gasteiger partial charge in [-0.15, -0.1) is 0 Å². The predicted octanol–water partition coefficient (Wildman–Crippen LogP) is 2.99. The molecule has 1 aliphatic heterocycles. The maximum atomic E-state index is 13.3. The van der Waals surface area contributed by atoms with Crippen molar-refractivity contribution in [3.63, 3.8) is 0 Å². The molecule has 0 saturated heterocycles. The number of anilines is 1. The van der Waals surface area contributed by atoms with Gasteiger partial charge in [-0.05, 0) is 30.2 Å². The van der Waals surface area contributed by atoms with E-state index in [0.29, 0.717) is 24.1 Å². The quantitative estimate of drug-likeness (QED) is 0.812. The third-order valence-electron chi connectivity index (χ3n) is 3.64. The van der Waals surface area contributed by atoms with Gasteiger partial charge < -0.3 is 4.90 Å². The maximum absolute atomic E-state index is 13.3. The van der Waals surface area contributed by atoms with Crippen LogP contribution in [0.5, 0.6) is 0 Å². The van der Waals surface area contributed by atoms with Crippen molar-refractivity contribution in [3.8, 4) is 0 Å². The van der Waals surface area contributed by atoms with Crippen molar-refractivity contribution in [1.29, 1.82) is 0 Å². The number of benzene rings is 2. The number of rotatable bonds is 3. The SMILES string of the molecule is O=C(CN1C(=O)CCc2cc(F)ccc21)c1ccccc1. The van der Waals surface area contributed by atoms with Crippen LogP contribution in [0.25, 0.3) is 0 Å². The summed E-state index contributed by atoms with van der Waals surface area (Å²) in [5.41, 5.74) is 1.98. The van der Waals surface area contributed by atoms with E-state index in [1.54, 1.807) is 30.3 Å². The van der Waals surface area contributed by atoms with Gasteiger partial charge in [0.25, 0.3) is 0 Å². The second-order valence-corrected chi connectivity index (χ2v) is 5.04. The summed E-state index contributed by atoms with van der Waals surface area (Å²) in [7, 11) is 0. The summed E-state index contributed by atoms with van der Waals surface area (Å²) in [6.07, 6.45) is 0.820. The fourth-order valence-corrected chi connectivity index (χ4v) is 2.56. The Morgan fingerprint density at radius 3 is 2.62 bits per heavy atom. The largest absolute Gasteiger partial charge is 0.304 e. The zero-order valence-electron chi connectivity index (χ0n) is 11.4. The molecule has 3 rings (SSSR count). The monoisotopic (exact) mass is 283 g/mol. The molecule has 0 unspecified atom stereocenters. The minimum Gasteiger partial charge on any atom is -0.304 e. The van der Waals surface area contributed by atoms with Crippen LogP contribution >= 0.6 is 0 Å². The number of amides is 1. The van der Waals surface area contributed by atoms with Crippen LogP contribution in [-0.4, -0.2) is 18.2 Å². The van der Waals surface area contributed by atoms with Crippen molar-refractivity contribution in [3.05, 3.63) is 65.5 Å². The zero-order chi connectivity index (χ0) is 14.8. The Morgan fingerprint density at radius 2 is 1.86 bits per heavy atom. The number of fused-ring (bicyclic) bond motifs is 1. The molecule has 106 valence electrons. The average Bonchev–Trinajstić information content (AvgIpc) is 2.51. The van der Waals surface area contributed by atoms with Crippen LogP contribution in [0.3, 0.4) is 0 Å². The van der Waals surface area contributed by atoms with Gasteiger partial charge in [-0.1, -0.05) is 30.3 Å². The van der Waals surface area contributed by atoms with E-state index in [1.165, 1.54) is 17.0 Å². The molecule has 0 N–H and O–H groups in total. The van der Waals surface area contributed by atoms with Gasteiger partial charge in [0.15, 0.2) is 5.78 Å². The van der Waals surface area contributed by atoms with Gasteiger partial charge >= 0.3 is 0 Å². The lowest BCUT2D eigenvalue weighted by atomic mass is 10.00. The first-order valence-corrected chi connectivity index (χ1v) is 6.82. The van der Waals surface area contributed by atoms with E-state index in [2.05, 4.69) is 0 Å². The first kappa shape index (κ1) is 13.5. The van der Waals surface area contributed by atoms with Gasteiger partial charge in [-0.3, -0.25) is 9.59 Å². The number of nitrogens with zero attached hydrogens (tertiary/aromatic N) is 1. The second kappa shape index (κ2) is 5.48. The summed E-state index contributed by atoms with van der Waals surface area (Å²) < 4.78 is 13.3. The molecule has 0 aliphatic carbocycles. The van der Waals surface area contributed by atoms with Crippen LogP contribution in [-0.2, 0) is 11.2 Å². The standard InChI is InChI=1S/C17H14FNO2/c18-14-7-8-15-13(10-14)6-9-17(21)19(15)11-16(20)12-4-2-1-3-5-12/h1-5,7-8,10H,6,9,11H2. The Balaban J connectivity index is 1.89. The number of halogens is 1. The van der Waals surface area contributed by atoms with E-state index in [9.17, 15) is 14.0 Å². The number of carbonyl (C=O) groups excluding carboxylic acids is 2. The Kier molecular flexibility index (Phi) is 3.52. The van der Waals surface area contributed by atoms with Gasteiger partial charge in [0.05, 0.1) is 6.54 Å². The molecule has 4 heteroatoms. The van der Waals surface area contributed by atoms with Crippen LogP contribution in [0.15, 0.2) is 48.5 Å². The lowest BCUT2D eigenvalue weighted by Gasteiger charge is -2.28. The van der Waals surface area contributed by atoms with Gasteiger partial charge in [-0.2, -0.15) is 0 Å². The van der Waals surface area contributed by atoms with Gasteiger partial charge in [0.2, 0.25) is 5.91 Å². The first-order valence-electron chi connectivity index (χ1n) is 6.82. The summed E-state index contributed by atoms with van der Waals surface area (Å²) in [6.45, 7) is -0.0124. The summed E-state index contributed by atoms with van der Waals surface area (Å²) in [6, 6.07) is 13.2. The van der Waals surface area contributed by atoms with E-state index in [4.69, 9.17) is 0 Å². The van der Waals surface area contributed by atoms with Crippen molar-refractivity contribution >= 4 is 17.4 Å². The Morgan fingerprint density at radius 1 is 1.10 bits per heavy atom. The fraction of sp³-hybridized carbons (Fsp3) is 0.176. The highest BCUT2D eigenvalue weighted by Gasteiger charge is 2.26. The summed E-state index contributed by atoms with van der Waals surface area (Å²) in [5.74, 6) is -0.544. The number of ketones is 1.